The minimum atomic E-state index is -0.668. The molecule has 0 fully saturated rings. The summed E-state index contributed by atoms with van der Waals surface area (Å²) in [5, 5.41) is 11.3. The van der Waals surface area contributed by atoms with Crippen molar-refractivity contribution in [2.24, 2.45) is 5.73 Å². The Morgan fingerprint density at radius 3 is 2.72 bits per heavy atom. The van der Waals surface area contributed by atoms with E-state index in [-0.39, 0.29) is 5.82 Å². The van der Waals surface area contributed by atoms with Gasteiger partial charge in [-0.2, -0.15) is 4.80 Å². The third kappa shape index (κ3) is 2.53. The average molecular weight is 245 g/mol. The number of rotatable bonds is 4. The fraction of sp³-hybridized carbons (Fsp3) is 0.333. The number of amides is 1. The highest BCUT2D eigenvalue weighted by molar-refractivity contribution is 5.88. The third-order valence-electron chi connectivity index (χ3n) is 2.66. The fourth-order valence-electron chi connectivity index (χ4n) is 1.80. The zero-order chi connectivity index (χ0) is 13.1. The van der Waals surface area contributed by atoms with Crippen LogP contribution in [0.15, 0.2) is 24.3 Å². The number of primary amides is 1. The molecule has 0 aliphatic heterocycles. The number of carbonyl (C=O) groups is 1. The SMILES string of the molecule is CC(C)c1ccccc1Cn1nnc(C(N)=O)n1. The lowest BCUT2D eigenvalue weighted by molar-refractivity contribution is 0.0990. The molecule has 0 unspecified atom stereocenters. The van der Waals surface area contributed by atoms with Gasteiger partial charge in [-0.1, -0.05) is 38.1 Å². The lowest BCUT2D eigenvalue weighted by Gasteiger charge is -2.11. The van der Waals surface area contributed by atoms with Gasteiger partial charge in [0.2, 0.25) is 0 Å². The van der Waals surface area contributed by atoms with E-state index in [1.165, 1.54) is 10.4 Å². The maximum absolute atomic E-state index is 10.9. The minimum Gasteiger partial charge on any atom is -0.363 e. The van der Waals surface area contributed by atoms with Crippen molar-refractivity contribution in [3.05, 3.63) is 41.2 Å². The van der Waals surface area contributed by atoms with Crippen LogP contribution in [0.5, 0.6) is 0 Å². The number of benzene rings is 1. The van der Waals surface area contributed by atoms with E-state index in [1.807, 2.05) is 18.2 Å². The number of tetrazole rings is 1. The zero-order valence-corrected chi connectivity index (χ0v) is 10.4. The summed E-state index contributed by atoms with van der Waals surface area (Å²) >= 11 is 0. The Bertz CT molecular complexity index is 561. The van der Waals surface area contributed by atoms with Crippen LogP contribution in [-0.4, -0.2) is 26.1 Å². The van der Waals surface area contributed by atoms with Crippen molar-refractivity contribution in [3.8, 4) is 0 Å². The van der Waals surface area contributed by atoms with Crippen LogP contribution in [0.25, 0.3) is 0 Å². The molecule has 94 valence electrons. The molecule has 0 aliphatic rings. The molecule has 1 aromatic carbocycles. The number of nitrogens with two attached hydrogens (primary N) is 1. The molecule has 18 heavy (non-hydrogen) atoms. The number of hydrogen-bond acceptors (Lipinski definition) is 4. The minimum absolute atomic E-state index is 0.0583. The quantitative estimate of drug-likeness (QED) is 0.868. The van der Waals surface area contributed by atoms with Crippen molar-refractivity contribution in [3.63, 3.8) is 0 Å². The monoisotopic (exact) mass is 245 g/mol. The van der Waals surface area contributed by atoms with Crippen molar-refractivity contribution < 1.29 is 4.79 Å². The molecule has 0 aliphatic carbocycles. The van der Waals surface area contributed by atoms with Gasteiger partial charge in [0.15, 0.2) is 0 Å². The topological polar surface area (TPSA) is 86.7 Å². The Morgan fingerprint density at radius 2 is 2.11 bits per heavy atom. The highest BCUT2D eigenvalue weighted by Gasteiger charge is 2.11. The molecule has 1 heterocycles. The van der Waals surface area contributed by atoms with Gasteiger partial charge >= 0.3 is 0 Å². The van der Waals surface area contributed by atoms with Crippen LogP contribution >= 0.6 is 0 Å². The fourth-order valence-corrected chi connectivity index (χ4v) is 1.80. The summed E-state index contributed by atoms with van der Waals surface area (Å²) in [4.78, 5) is 12.3. The molecule has 2 aromatic rings. The summed E-state index contributed by atoms with van der Waals surface area (Å²) in [7, 11) is 0. The van der Waals surface area contributed by atoms with Gasteiger partial charge in [0.1, 0.15) is 0 Å². The maximum atomic E-state index is 10.9. The van der Waals surface area contributed by atoms with Crippen LogP contribution in [0.1, 0.15) is 41.5 Å². The third-order valence-corrected chi connectivity index (χ3v) is 2.66. The summed E-state index contributed by atoms with van der Waals surface area (Å²) in [6.45, 7) is 4.74. The summed E-state index contributed by atoms with van der Waals surface area (Å²) in [5.41, 5.74) is 7.43. The van der Waals surface area contributed by atoms with E-state index >= 15 is 0 Å². The number of nitrogens with zero attached hydrogens (tertiary/aromatic N) is 4. The normalized spacial score (nSPS) is 10.8. The first kappa shape index (κ1) is 12.2. The number of carbonyl (C=O) groups excluding carboxylic acids is 1. The Kier molecular flexibility index (Phi) is 3.36. The van der Waals surface area contributed by atoms with Gasteiger partial charge in [-0.05, 0) is 22.3 Å². The van der Waals surface area contributed by atoms with Crippen LogP contribution in [0.4, 0.5) is 0 Å². The summed E-state index contributed by atoms with van der Waals surface area (Å²) in [6.07, 6.45) is 0. The van der Waals surface area contributed by atoms with Gasteiger partial charge in [0.05, 0.1) is 6.54 Å². The first-order valence-corrected chi connectivity index (χ1v) is 5.73. The number of aromatic nitrogens is 4. The lowest BCUT2D eigenvalue weighted by atomic mass is 9.97. The molecule has 0 atom stereocenters. The second kappa shape index (κ2) is 4.95. The van der Waals surface area contributed by atoms with E-state index < -0.39 is 5.91 Å². The molecule has 6 nitrogen and oxygen atoms in total. The lowest BCUT2D eigenvalue weighted by Crippen LogP contribution is -2.14. The molecule has 0 saturated heterocycles. The molecule has 0 spiro atoms. The standard InChI is InChI=1S/C12H15N5O/c1-8(2)10-6-4-3-5-9(10)7-17-15-12(11(13)18)14-16-17/h3-6,8H,7H2,1-2H3,(H2,13,18). The van der Waals surface area contributed by atoms with Crippen molar-refractivity contribution in [1.82, 2.24) is 20.2 Å². The smallest absolute Gasteiger partial charge is 0.290 e. The second-order valence-corrected chi connectivity index (χ2v) is 4.36. The second-order valence-electron chi connectivity index (χ2n) is 4.36. The van der Waals surface area contributed by atoms with E-state index in [4.69, 9.17) is 5.73 Å². The van der Waals surface area contributed by atoms with Crippen molar-refractivity contribution in [2.45, 2.75) is 26.3 Å². The summed E-state index contributed by atoms with van der Waals surface area (Å²) < 4.78 is 0. The molecule has 6 heteroatoms. The molecular weight excluding hydrogens is 230 g/mol. The average Bonchev–Trinajstić information content (AvgIpc) is 2.78. The maximum Gasteiger partial charge on any atom is 0.290 e. The number of hydrogen-bond donors (Lipinski definition) is 1. The zero-order valence-electron chi connectivity index (χ0n) is 10.4. The predicted molar refractivity (Wildman–Crippen MR) is 66.0 cm³/mol. The van der Waals surface area contributed by atoms with E-state index in [0.717, 1.165) is 5.56 Å². The largest absolute Gasteiger partial charge is 0.363 e. The Hall–Kier alpha value is -2.24. The van der Waals surface area contributed by atoms with Crippen LogP contribution < -0.4 is 5.73 Å². The van der Waals surface area contributed by atoms with E-state index in [9.17, 15) is 4.79 Å². The predicted octanol–water partition coefficient (Wildman–Crippen LogP) is 0.944. The van der Waals surface area contributed by atoms with Gasteiger partial charge in [0.25, 0.3) is 11.7 Å². The van der Waals surface area contributed by atoms with Crippen LogP contribution in [0.2, 0.25) is 0 Å². The van der Waals surface area contributed by atoms with Gasteiger partial charge in [-0.25, -0.2) is 0 Å². The van der Waals surface area contributed by atoms with E-state index in [1.54, 1.807) is 0 Å². The Balaban J connectivity index is 2.25. The van der Waals surface area contributed by atoms with Gasteiger partial charge < -0.3 is 5.73 Å². The van der Waals surface area contributed by atoms with Crippen molar-refractivity contribution >= 4 is 5.91 Å². The highest BCUT2D eigenvalue weighted by Crippen LogP contribution is 2.19. The highest BCUT2D eigenvalue weighted by atomic mass is 16.1. The molecule has 1 aromatic heterocycles. The molecule has 0 bridgehead atoms. The van der Waals surface area contributed by atoms with Crippen molar-refractivity contribution in [2.75, 3.05) is 0 Å². The molecule has 2 rings (SSSR count). The van der Waals surface area contributed by atoms with Gasteiger partial charge in [-0.15, -0.1) is 10.2 Å². The van der Waals surface area contributed by atoms with Crippen LogP contribution in [0, 0.1) is 0 Å². The molecule has 1 amide bonds. The van der Waals surface area contributed by atoms with E-state index in [2.05, 4.69) is 35.3 Å². The van der Waals surface area contributed by atoms with Crippen molar-refractivity contribution in [1.29, 1.82) is 0 Å². The van der Waals surface area contributed by atoms with Gasteiger partial charge in [-0.3, -0.25) is 4.79 Å². The summed E-state index contributed by atoms with van der Waals surface area (Å²) in [5.74, 6) is -0.309. The molecule has 0 saturated carbocycles. The molecule has 0 radical (unpaired) electrons. The molecule has 2 N–H and O–H groups in total. The first-order valence-electron chi connectivity index (χ1n) is 5.73. The Labute approximate surface area is 105 Å². The van der Waals surface area contributed by atoms with Crippen LogP contribution in [0.3, 0.4) is 0 Å². The molecular formula is C12H15N5O. The van der Waals surface area contributed by atoms with Crippen LogP contribution in [-0.2, 0) is 6.54 Å². The van der Waals surface area contributed by atoms with Gasteiger partial charge in [0, 0.05) is 0 Å². The summed E-state index contributed by atoms with van der Waals surface area (Å²) in [6, 6.07) is 8.06. The van der Waals surface area contributed by atoms with E-state index in [0.29, 0.717) is 12.5 Å². The Morgan fingerprint density at radius 1 is 1.39 bits per heavy atom. The first-order chi connectivity index (χ1) is 8.58.